The molecule has 0 aliphatic carbocycles. The van der Waals surface area contributed by atoms with Crippen molar-refractivity contribution < 1.29 is 23.9 Å². The summed E-state index contributed by atoms with van der Waals surface area (Å²) in [7, 11) is 0. The third kappa shape index (κ3) is 8.08. The maximum atomic E-state index is 12.8. The summed E-state index contributed by atoms with van der Waals surface area (Å²) in [5, 5.41) is -0.922. The standard InChI is InChI=1S/C28H36N2O5S/c1-6-20-7-10-22(29-17-20)13-14-34-23-11-8-21(9-12-23)15-24-25(31)30(27(33)36-24)18-35-26(32)19(2)16-28(3,4)5/h7-12,17,19,24H,6,13-16,18H2,1-5H3. The first kappa shape index (κ1) is 27.7. The molecular weight excluding hydrogens is 476 g/mol. The van der Waals surface area contributed by atoms with Gasteiger partial charge in [-0.1, -0.05) is 64.6 Å². The summed E-state index contributed by atoms with van der Waals surface area (Å²) in [6, 6.07) is 11.6. The molecule has 2 heterocycles. The Hall–Kier alpha value is -2.87. The van der Waals surface area contributed by atoms with Crippen molar-refractivity contribution in [1.82, 2.24) is 9.88 Å². The summed E-state index contributed by atoms with van der Waals surface area (Å²) in [6.07, 6.45) is 4.66. The van der Waals surface area contributed by atoms with E-state index in [2.05, 4.69) is 18.0 Å². The van der Waals surface area contributed by atoms with Gasteiger partial charge in [0.2, 0.25) is 5.91 Å². The monoisotopic (exact) mass is 512 g/mol. The topological polar surface area (TPSA) is 85.8 Å². The summed E-state index contributed by atoms with van der Waals surface area (Å²) in [5.74, 6) is -0.297. The van der Waals surface area contributed by atoms with E-state index >= 15 is 0 Å². The summed E-state index contributed by atoms with van der Waals surface area (Å²) in [6.45, 7) is 10.2. The molecule has 2 unspecified atom stereocenters. The first-order valence-corrected chi connectivity index (χ1v) is 13.3. The minimum absolute atomic E-state index is 0.0167. The van der Waals surface area contributed by atoms with Crippen LogP contribution in [-0.4, -0.2) is 45.6 Å². The Bertz CT molecular complexity index is 1050. The number of ether oxygens (including phenoxy) is 2. The van der Waals surface area contributed by atoms with Crippen LogP contribution in [0.2, 0.25) is 0 Å². The van der Waals surface area contributed by atoms with Gasteiger partial charge in [0.25, 0.3) is 5.24 Å². The average Bonchev–Trinajstić information content (AvgIpc) is 3.10. The molecule has 8 heteroatoms. The van der Waals surface area contributed by atoms with Gasteiger partial charge in [0, 0.05) is 18.3 Å². The van der Waals surface area contributed by atoms with Crippen LogP contribution in [0.1, 0.15) is 57.9 Å². The van der Waals surface area contributed by atoms with Gasteiger partial charge in [-0.2, -0.15) is 0 Å². The van der Waals surface area contributed by atoms with E-state index in [4.69, 9.17) is 9.47 Å². The van der Waals surface area contributed by atoms with E-state index in [1.165, 1.54) is 5.56 Å². The Morgan fingerprint density at radius 1 is 1.11 bits per heavy atom. The van der Waals surface area contributed by atoms with Crippen LogP contribution in [0.25, 0.3) is 0 Å². The van der Waals surface area contributed by atoms with Crippen LogP contribution in [0.5, 0.6) is 5.75 Å². The van der Waals surface area contributed by atoms with Crippen molar-refractivity contribution in [2.45, 2.75) is 65.6 Å². The lowest BCUT2D eigenvalue weighted by Gasteiger charge is -2.23. The molecule has 1 aromatic heterocycles. The van der Waals surface area contributed by atoms with E-state index in [0.29, 0.717) is 19.4 Å². The predicted octanol–water partition coefficient (Wildman–Crippen LogP) is 5.45. The number of rotatable bonds is 11. The molecule has 2 amide bonds. The highest BCUT2D eigenvalue weighted by Gasteiger charge is 2.40. The molecule has 194 valence electrons. The fraction of sp³-hybridized carbons (Fsp3) is 0.500. The second kappa shape index (κ2) is 12.4. The normalized spacial score (nSPS) is 16.8. The second-order valence-corrected chi connectivity index (χ2v) is 11.5. The summed E-state index contributed by atoms with van der Waals surface area (Å²) >= 11 is 0.973. The van der Waals surface area contributed by atoms with Gasteiger partial charge in [0.1, 0.15) is 5.75 Å². The Morgan fingerprint density at radius 3 is 2.42 bits per heavy atom. The minimum Gasteiger partial charge on any atom is -0.493 e. The number of amides is 2. The SMILES string of the molecule is CCc1ccc(CCOc2ccc(CC3SC(=O)N(COC(=O)C(C)CC(C)(C)C)C3=O)cc2)nc1. The Kier molecular flexibility index (Phi) is 9.54. The molecule has 36 heavy (non-hydrogen) atoms. The van der Waals surface area contributed by atoms with Gasteiger partial charge in [-0.25, -0.2) is 4.90 Å². The van der Waals surface area contributed by atoms with Crippen LogP contribution < -0.4 is 4.74 Å². The van der Waals surface area contributed by atoms with Crippen molar-refractivity contribution >= 4 is 28.9 Å². The van der Waals surface area contributed by atoms with Gasteiger partial charge in [-0.15, -0.1) is 0 Å². The van der Waals surface area contributed by atoms with Crippen molar-refractivity contribution in [3.63, 3.8) is 0 Å². The average molecular weight is 513 g/mol. The zero-order chi connectivity index (χ0) is 26.3. The van der Waals surface area contributed by atoms with Crippen molar-refractivity contribution in [3.8, 4) is 5.75 Å². The van der Waals surface area contributed by atoms with Gasteiger partial charge >= 0.3 is 5.97 Å². The van der Waals surface area contributed by atoms with Gasteiger partial charge in [-0.05, 0) is 54.0 Å². The summed E-state index contributed by atoms with van der Waals surface area (Å²) in [4.78, 5) is 42.9. The molecule has 0 radical (unpaired) electrons. The van der Waals surface area contributed by atoms with Gasteiger partial charge < -0.3 is 9.47 Å². The molecule has 1 aliphatic heterocycles. The van der Waals surface area contributed by atoms with Crippen molar-refractivity contribution in [2.75, 3.05) is 13.3 Å². The number of nitrogens with zero attached hydrogens (tertiary/aromatic N) is 2. The number of carbonyl (C=O) groups excluding carboxylic acids is 3. The maximum absolute atomic E-state index is 12.8. The van der Waals surface area contributed by atoms with E-state index in [0.717, 1.165) is 46.5 Å². The van der Waals surface area contributed by atoms with Crippen molar-refractivity contribution in [1.29, 1.82) is 0 Å². The van der Waals surface area contributed by atoms with Crippen LogP contribution >= 0.6 is 11.8 Å². The number of thioether (sulfide) groups is 1. The Morgan fingerprint density at radius 2 is 1.81 bits per heavy atom. The van der Waals surface area contributed by atoms with E-state index in [1.54, 1.807) is 6.92 Å². The van der Waals surface area contributed by atoms with Crippen LogP contribution in [0, 0.1) is 11.3 Å². The number of aromatic nitrogens is 1. The van der Waals surface area contributed by atoms with Crippen LogP contribution in [0.4, 0.5) is 4.79 Å². The van der Waals surface area contributed by atoms with Gasteiger partial charge in [0.05, 0.1) is 17.8 Å². The lowest BCUT2D eigenvalue weighted by Crippen LogP contribution is -2.36. The van der Waals surface area contributed by atoms with Crippen LogP contribution in [-0.2, 0) is 33.6 Å². The zero-order valence-electron chi connectivity index (χ0n) is 21.8. The van der Waals surface area contributed by atoms with E-state index < -0.39 is 11.2 Å². The second-order valence-electron chi connectivity index (χ2n) is 10.4. The van der Waals surface area contributed by atoms with E-state index in [-0.39, 0.29) is 29.2 Å². The van der Waals surface area contributed by atoms with Crippen LogP contribution in [0.3, 0.4) is 0 Å². The molecule has 3 rings (SSSR count). The molecule has 2 aromatic rings. The molecule has 1 saturated heterocycles. The quantitative estimate of drug-likeness (QED) is 0.370. The molecule has 0 bridgehead atoms. The number of aryl methyl sites for hydroxylation is 1. The maximum Gasteiger partial charge on any atom is 0.310 e. The highest BCUT2D eigenvalue weighted by Crippen LogP contribution is 2.30. The van der Waals surface area contributed by atoms with E-state index in [1.807, 2.05) is 57.3 Å². The molecule has 2 atom stereocenters. The number of hydrogen-bond donors (Lipinski definition) is 0. The fourth-order valence-electron chi connectivity index (χ4n) is 4.04. The smallest absolute Gasteiger partial charge is 0.310 e. The van der Waals surface area contributed by atoms with Crippen molar-refractivity contribution in [2.24, 2.45) is 11.3 Å². The number of carbonyl (C=O) groups is 3. The fourth-order valence-corrected chi connectivity index (χ4v) is 5.06. The number of hydrogen-bond acceptors (Lipinski definition) is 7. The third-order valence-electron chi connectivity index (χ3n) is 5.93. The molecule has 0 spiro atoms. The summed E-state index contributed by atoms with van der Waals surface area (Å²) < 4.78 is 11.1. The molecular formula is C28H36N2O5S. The van der Waals surface area contributed by atoms with E-state index in [9.17, 15) is 14.4 Å². The predicted molar refractivity (Wildman–Crippen MR) is 141 cm³/mol. The van der Waals surface area contributed by atoms with Crippen molar-refractivity contribution in [3.05, 3.63) is 59.4 Å². The number of benzene rings is 1. The van der Waals surface area contributed by atoms with Gasteiger partial charge in [0.15, 0.2) is 6.73 Å². The highest BCUT2D eigenvalue weighted by molar-refractivity contribution is 8.15. The number of imide groups is 1. The van der Waals surface area contributed by atoms with Crippen LogP contribution in [0.15, 0.2) is 42.6 Å². The Balaban J connectivity index is 1.45. The summed E-state index contributed by atoms with van der Waals surface area (Å²) in [5.41, 5.74) is 3.11. The molecule has 1 aliphatic rings. The Labute approximate surface area is 218 Å². The number of esters is 1. The lowest BCUT2D eigenvalue weighted by atomic mass is 9.85. The largest absolute Gasteiger partial charge is 0.493 e. The zero-order valence-corrected chi connectivity index (χ0v) is 22.6. The molecule has 7 nitrogen and oxygen atoms in total. The lowest BCUT2D eigenvalue weighted by molar-refractivity contribution is -0.154. The first-order valence-electron chi connectivity index (χ1n) is 12.4. The minimum atomic E-state index is -0.535. The highest BCUT2D eigenvalue weighted by atomic mass is 32.2. The first-order chi connectivity index (χ1) is 17.1. The third-order valence-corrected chi connectivity index (χ3v) is 7.00. The molecule has 1 fully saturated rings. The number of pyridine rings is 1. The van der Waals surface area contributed by atoms with Gasteiger partial charge in [-0.3, -0.25) is 19.4 Å². The molecule has 1 aromatic carbocycles. The molecule has 0 N–H and O–H groups in total. The molecule has 0 saturated carbocycles.